The molecule has 0 saturated heterocycles. The number of rotatable bonds is 6. The summed E-state index contributed by atoms with van der Waals surface area (Å²) in [6.45, 7) is 0. The lowest BCUT2D eigenvalue weighted by Crippen LogP contribution is -2.22. The molecule has 0 aliphatic heterocycles. The van der Waals surface area contributed by atoms with Crippen molar-refractivity contribution in [2.24, 2.45) is 0 Å². The number of carboxylic acid groups (broad SMARTS) is 3. The third kappa shape index (κ3) is 25.1. The van der Waals surface area contributed by atoms with Crippen molar-refractivity contribution in [2.75, 3.05) is 18.3 Å². The van der Waals surface area contributed by atoms with Gasteiger partial charge in [0, 0.05) is 18.1 Å². The van der Waals surface area contributed by atoms with Gasteiger partial charge in [0.2, 0.25) is 0 Å². The van der Waals surface area contributed by atoms with Crippen LogP contribution < -0.4 is 5.11 Å². The van der Waals surface area contributed by atoms with Crippen LogP contribution in [0.25, 0.3) is 0 Å². The fourth-order valence-corrected chi connectivity index (χ4v) is 1.37. The number of carboxylic acids is 3. The van der Waals surface area contributed by atoms with Gasteiger partial charge in [-0.1, -0.05) is 0 Å². The molecule has 0 radical (unpaired) electrons. The number of hydrogen-bond acceptors (Lipinski definition) is 4. The molecule has 0 aliphatic rings. The van der Waals surface area contributed by atoms with Crippen LogP contribution in [0.2, 0.25) is 0 Å². The smallest absolute Gasteiger partial charge is 0.328 e. The second kappa shape index (κ2) is 11.0. The van der Waals surface area contributed by atoms with Gasteiger partial charge in [-0.3, -0.25) is 0 Å². The molecule has 98 valence electrons. The van der Waals surface area contributed by atoms with Crippen LogP contribution in [-0.2, 0) is 25.3 Å². The maximum absolute atomic E-state index is 9.87. The Morgan fingerprint density at radius 3 is 1.76 bits per heavy atom. The van der Waals surface area contributed by atoms with Crippen LogP contribution in [0.5, 0.6) is 0 Å². The molecular weight excluding hydrogens is 248 g/mol. The van der Waals surface area contributed by atoms with E-state index in [4.69, 9.17) is 10.2 Å². The molecule has 0 saturated carbocycles. The minimum Gasteiger partial charge on any atom is -0.550 e. The average molecular weight is 264 g/mol. The molecule has 0 aliphatic carbocycles. The van der Waals surface area contributed by atoms with E-state index < -0.39 is 17.9 Å². The van der Waals surface area contributed by atoms with Gasteiger partial charge in [-0.25, -0.2) is 9.59 Å². The highest BCUT2D eigenvalue weighted by atomic mass is 32.2. The summed E-state index contributed by atoms with van der Waals surface area (Å²) in [6, 6.07) is 0. The maximum atomic E-state index is 9.87. The van der Waals surface area contributed by atoms with Gasteiger partial charge >= 0.3 is 11.9 Å². The van der Waals surface area contributed by atoms with Gasteiger partial charge in [0.1, 0.15) is 5.75 Å². The molecule has 0 aromatic rings. The van der Waals surface area contributed by atoms with Gasteiger partial charge < -0.3 is 20.1 Å². The van der Waals surface area contributed by atoms with E-state index in [0.717, 1.165) is 12.2 Å². The van der Waals surface area contributed by atoms with Gasteiger partial charge in [0.05, 0.1) is 12.5 Å². The Bertz CT molecular complexity index is 269. The van der Waals surface area contributed by atoms with Crippen molar-refractivity contribution in [2.45, 2.75) is 12.8 Å². The quantitative estimate of drug-likeness (QED) is 0.475. The molecule has 7 heteroatoms. The number of carbonyl (C=O) groups is 3. The first kappa shape index (κ1) is 17.9. The lowest BCUT2D eigenvalue weighted by atomic mass is 10.3. The molecule has 6 nitrogen and oxygen atoms in total. The van der Waals surface area contributed by atoms with E-state index in [2.05, 4.69) is 12.5 Å². The monoisotopic (exact) mass is 264 g/mol. The molecule has 0 bridgehead atoms. The van der Waals surface area contributed by atoms with Crippen LogP contribution in [-0.4, -0.2) is 46.4 Å². The first-order chi connectivity index (χ1) is 7.75. The second-order valence-corrected chi connectivity index (χ2v) is 5.55. The SMILES string of the molecule is C[S+](C)CCCC(=O)[O-].O=C(O)/C=C/C(=O)O. The highest BCUT2D eigenvalue weighted by Crippen LogP contribution is 1.92. The van der Waals surface area contributed by atoms with Crippen molar-refractivity contribution in [1.29, 1.82) is 0 Å². The van der Waals surface area contributed by atoms with Gasteiger partial charge in [-0.15, -0.1) is 0 Å². The molecule has 2 N–H and O–H groups in total. The molecule has 0 amide bonds. The topological polar surface area (TPSA) is 115 Å². The Hall–Kier alpha value is -1.50. The Morgan fingerprint density at radius 1 is 1.12 bits per heavy atom. The van der Waals surface area contributed by atoms with Crippen molar-refractivity contribution in [3.63, 3.8) is 0 Å². The first-order valence-corrected chi connectivity index (χ1v) is 6.84. The van der Waals surface area contributed by atoms with E-state index in [1.54, 1.807) is 0 Å². The first-order valence-electron chi connectivity index (χ1n) is 4.63. The molecule has 0 rings (SSSR count). The van der Waals surface area contributed by atoms with E-state index in [1.807, 2.05) is 0 Å². The van der Waals surface area contributed by atoms with E-state index in [-0.39, 0.29) is 6.42 Å². The standard InChI is InChI=1S/C6H12O2S.C4H4O4/c1-9(2)5-3-4-6(7)8;5-3(6)1-2-4(7)8/h3-5H2,1-2H3;1-2H,(H,5,6)(H,7,8)/b;2-1+. The van der Waals surface area contributed by atoms with E-state index in [0.29, 0.717) is 23.0 Å². The number of carbonyl (C=O) groups excluding carboxylic acids is 1. The Morgan fingerprint density at radius 2 is 1.53 bits per heavy atom. The van der Waals surface area contributed by atoms with Gasteiger partial charge in [-0.05, 0) is 23.7 Å². The summed E-state index contributed by atoms with van der Waals surface area (Å²) in [5.74, 6) is -2.44. The van der Waals surface area contributed by atoms with Crippen LogP contribution in [0.4, 0.5) is 0 Å². The molecule has 0 spiro atoms. The lowest BCUT2D eigenvalue weighted by Gasteiger charge is -1.98. The Balaban J connectivity index is 0. The van der Waals surface area contributed by atoms with Crippen molar-refractivity contribution in [3.05, 3.63) is 12.2 Å². The van der Waals surface area contributed by atoms with Crippen LogP contribution in [0.15, 0.2) is 12.2 Å². The average Bonchev–Trinajstić information content (AvgIpc) is 2.14. The minimum atomic E-state index is -1.26. The van der Waals surface area contributed by atoms with Gasteiger partial charge in [0.15, 0.2) is 0 Å². The maximum Gasteiger partial charge on any atom is 0.328 e. The van der Waals surface area contributed by atoms with E-state index in [9.17, 15) is 19.5 Å². The molecule has 0 heterocycles. The summed E-state index contributed by atoms with van der Waals surface area (Å²) >= 11 is 0. The van der Waals surface area contributed by atoms with Crippen LogP contribution in [0.3, 0.4) is 0 Å². The predicted molar refractivity (Wildman–Crippen MR) is 62.7 cm³/mol. The fraction of sp³-hybridized carbons (Fsp3) is 0.500. The van der Waals surface area contributed by atoms with Gasteiger partial charge in [-0.2, -0.15) is 0 Å². The molecule has 0 fully saturated rings. The molecule has 0 aromatic heterocycles. The molecule has 0 unspecified atom stereocenters. The fourth-order valence-electron chi connectivity index (χ4n) is 0.648. The van der Waals surface area contributed by atoms with Gasteiger partial charge in [0.25, 0.3) is 0 Å². The molecule has 0 atom stereocenters. The normalized spacial score (nSPS) is 9.82. The van der Waals surface area contributed by atoms with Crippen molar-refractivity contribution < 1.29 is 29.7 Å². The van der Waals surface area contributed by atoms with E-state index in [1.165, 1.54) is 0 Å². The lowest BCUT2D eigenvalue weighted by molar-refractivity contribution is -0.305. The minimum absolute atomic E-state index is 0.213. The zero-order chi connectivity index (χ0) is 13.8. The van der Waals surface area contributed by atoms with Crippen LogP contribution in [0, 0.1) is 0 Å². The number of aliphatic carboxylic acids is 3. The zero-order valence-electron chi connectivity index (χ0n) is 9.71. The highest BCUT2D eigenvalue weighted by molar-refractivity contribution is 7.95. The van der Waals surface area contributed by atoms with E-state index >= 15 is 0 Å². The van der Waals surface area contributed by atoms with Crippen LogP contribution in [0.1, 0.15) is 12.8 Å². The predicted octanol–water partition coefficient (Wildman–Crippen LogP) is -0.894. The summed E-state index contributed by atoms with van der Waals surface area (Å²) in [5.41, 5.74) is 0. The van der Waals surface area contributed by atoms with Crippen molar-refractivity contribution >= 4 is 28.8 Å². The third-order valence-corrected chi connectivity index (χ3v) is 2.41. The molecule has 17 heavy (non-hydrogen) atoms. The summed E-state index contributed by atoms with van der Waals surface area (Å²) in [5, 5.41) is 25.5. The zero-order valence-corrected chi connectivity index (χ0v) is 10.5. The summed E-state index contributed by atoms with van der Waals surface area (Å²) in [6.07, 6.45) is 6.30. The second-order valence-electron chi connectivity index (χ2n) is 3.18. The Kier molecular flexibility index (Phi) is 11.6. The molecular formula is C10H16O6S. The van der Waals surface area contributed by atoms with Crippen molar-refractivity contribution in [1.82, 2.24) is 0 Å². The third-order valence-electron chi connectivity index (χ3n) is 1.30. The Labute approximate surface area is 102 Å². The summed E-state index contributed by atoms with van der Waals surface area (Å²) < 4.78 is 0. The summed E-state index contributed by atoms with van der Waals surface area (Å²) in [4.78, 5) is 29.0. The summed E-state index contributed by atoms with van der Waals surface area (Å²) in [7, 11) is 0.377. The molecule has 0 aromatic carbocycles. The van der Waals surface area contributed by atoms with Crippen LogP contribution >= 0.6 is 0 Å². The largest absolute Gasteiger partial charge is 0.550 e. The number of hydrogen-bond donors (Lipinski definition) is 2. The highest BCUT2D eigenvalue weighted by Gasteiger charge is 1.99. The van der Waals surface area contributed by atoms with Crippen molar-refractivity contribution in [3.8, 4) is 0 Å².